The number of hydrogen-bond acceptors (Lipinski definition) is 3. The standard InChI is InChI=1S/C7H14N4O/c1-5(2)11-3-6(9-10-8)7(12)4-11/h5-7,12H,3-4H2,1-2H3/t6-,7-/m0/s1. The summed E-state index contributed by atoms with van der Waals surface area (Å²) < 4.78 is 0. The molecule has 0 bridgehead atoms. The van der Waals surface area contributed by atoms with Crippen molar-refractivity contribution in [1.29, 1.82) is 0 Å². The maximum atomic E-state index is 9.43. The van der Waals surface area contributed by atoms with Crippen molar-refractivity contribution in [3.63, 3.8) is 0 Å². The molecule has 0 aromatic heterocycles. The third kappa shape index (κ3) is 1.88. The first-order valence-corrected chi connectivity index (χ1v) is 4.11. The topological polar surface area (TPSA) is 72.2 Å². The lowest BCUT2D eigenvalue weighted by Gasteiger charge is -2.18. The molecule has 1 fully saturated rings. The van der Waals surface area contributed by atoms with Gasteiger partial charge in [-0.25, -0.2) is 0 Å². The van der Waals surface area contributed by atoms with E-state index in [2.05, 4.69) is 28.8 Å². The lowest BCUT2D eigenvalue weighted by atomic mass is 10.2. The van der Waals surface area contributed by atoms with E-state index in [9.17, 15) is 5.11 Å². The Morgan fingerprint density at radius 1 is 1.58 bits per heavy atom. The van der Waals surface area contributed by atoms with Crippen molar-refractivity contribution >= 4 is 0 Å². The zero-order chi connectivity index (χ0) is 9.14. The van der Waals surface area contributed by atoms with Crippen LogP contribution in [0.3, 0.4) is 0 Å². The predicted molar refractivity (Wildman–Crippen MR) is 45.6 cm³/mol. The van der Waals surface area contributed by atoms with Gasteiger partial charge in [-0.2, -0.15) is 0 Å². The number of hydrogen-bond donors (Lipinski definition) is 1. The molecule has 1 N–H and O–H groups in total. The Labute approximate surface area is 71.6 Å². The first-order valence-electron chi connectivity index (χ1n) is 4.11. The normalized spacial score (nSPS) is 30.7. The van der Waals surface area contributed by atoms with Crippen LogP contribution >= 0.6 is 0 Å². The average Bonchev–Trinajstić information content (AvgIpc) is 2.34. The first-order chi connectivity index (χ1) is 5.65. The van der Waals surface area contributed by atoms with Gasteiger partial charge in [0.25, 0.3) is 0 Å². The van der Waals surface area contributed by atoms with E-state index < -0.39 is 6.10 Å². The minimum atomic E-state index is -0.497. The van der Waals surface area contributed by atoms with Crippen LogP contribution in [0.4, 0.5) is 0 Å². The summed E-state index contributed by atoms with van der Waals surface area (Å²) in [5.74, 6) is 0. The second-order valence-corrected chi connectivity index (χ2v) is 3.39. The highest BCUT2D eigenvalue weighted by Crippen LogP contribution is 2.15. The van der Waals surface area contributed by atoms with Gasteiger partial charge < -0.3 is 5.11 Å². The van der Waals surface area contributed by atoms with Crippen LogP contribution in [-0.2, 0) is 0 Å². The summed E-state index contributed by atoms with van der Waals surface area (Å²) in [6.45, 7) is 5.40. The van der Waals surface area contributed by atoms with Crippen LogP contribution < -0.4 is 0 Å². The summed E-state index contributed by atoms with van der Waals surface area (Å²) in [5, 5.41) is 13.0. The van der Waals surface area contributed by atoms with E-state index in [1.807, 2.05) is 0 Å². The van der Waals surface area contributed by atoms with Gasteiger partial charge in [0, 0.05) is 24.0 Å². The minimum Gasteiger partial charge on any atom is -0.391 e. The van der Waals surface area contributed by atoms with Crippen molar-refractivity contribution in [1.82, 2.24) is 4.90 Å². The molecule has 0 aromatic rings. The molecule has 5 nitrogen and oxygen atoms in total. The average molecular weight is 170 g/mol. The molecular formula is C7H14N4O. The van der Waals surface area contributed by atoms with E-state index in [1.54, 1.807) is 0 Å². The Bertz CT molecular complexity index is 200. The summed E-state index contributed by atoms with van der Waals surface area (Å²) in [6, 6.07) is 0.135. The number of rotatable bonds is 2. The Balaban J connectivity index is 2.55. The van der Waals surface area contributed by atoms with E-state index in [1.165, 1.54) is 0 Å². The van der Waals surface area contributed by atoms with Gasteiger partial charge in [-0.3, -0.25) is 4.90 Å². The third-order valence-corrected chi connectivity index (χ3v) is 2.22. The molecule has 1 aliphatic heterocycles. The van der Waals surface area contributed by atoms with Crippen LogP contribution in [0, 0.1) is 0 Å². The molecule has 12 heavy (non-hydrogen) atoms. The largest absolute Gasteiger partial charge is 0.391 e. The van der Waals surface area contributed by atoms with E-state index in [-0.39, 0.29) is 6.04 Å². The van der Waals surface area contributed by atoms with Gasteiger partial charge in [-0.05, 0) is 19.4 Å². The fraction of sp³-hybridized carbons (Fsp3) is 1.00. The summed E-state index contributed by atoms with van der Waals surface area (Å²) in [6.07, 6.45) is -0.497. The predicted octanol–water partition coefficient (Wildman–Crippen LogP) is 0.750. The molecule has 0 spiro atoms. The zero-order valence-electron chi connectivity index (χ0n) is 7.38. The van der Waals surface area contributed by atoms with Gasteiger partial charge in [0.2, 0.25) is 0 Å². The van der Waals surface area contributed by atoms with Crippen LogP contribution in [0.2, 0.25) is 0 Å². The minimum absolute atomic E-state index is 0.266. The highest BCUT2D eigenvalue weighted by atomic mass is 16.3. The maximum Gasteiger partial charge on any atom is 0.0773 e. The SMILES string of the molecule is CC(C)N1C[C@H](N=[N+]=[N-])[C@@H](O)C1. The lowest BCUT2D eigenvalue weighted by Crippen LogP contribution is -2.29. The lowest BCUT2D eigenvalue weighted by molar-refractivity contribution is 0.158. The molecule has 2 atom stereocenters. The second kappa shape index (κ2) is 3.76. The van der Waals surface area contributed by atoms with Crippen molar-refractivity contribution in [2.75, 3.05) is 13.1 Å². The number of likely N-dealkylation sites (tertiary alicyclic amines) is 1. The van der Waals surface area contributed by atoms with Crippen molar-refractivity contribution in [2.24, 2.45) is 5.11 Å². The molecule has 0 radical (unpaired) electrons. The zero-order valence-corrected chi connectivity index (χ0v) is 7.38. The molecule has 0 saturated carbocycles. The number of aliphatic hydroxyl groups excluding tert-OH is 1. The van der Waals surface area contributed by atoms with Crippen molar-refractivity contribution < 1.29 is 5.11 Å². The summed E-state index contributed by atoms with van der Waals surface area (Å²) >= 11 is 0. The molecule has 1 aliphatic rings. The maximum absolute atomic E-state index is 9.43. The quantitative estimate of drug-likeness (QED) is 0.377. The number of nitrogens with zero attached hydrogens (tertiary/aromatic N) is 4. The molecule has 0 unspecified atom stereocenters. The van der Waals surface area contributed by atoms with Gasteiger partial charge in [-0.15, -0.1) is 0 Å². The fourth-order valence-corrected chi connectivity index (χ4v) is 1.40. The van der Waals surface area contributed by atoms with Crippen LogP contribution in [-0.4, -0.2) is 41.3 Å². The van der Waals surface area contributed by atoms with Crippen LogP contribution in [0.25, 0.3) is 10.4 Å². The van der Waals surface area contributed by atoms with E-state index in [0.717, 1.165) is 0 Å². The van der Waals surface area contributed by atoms with Crippen molar-refractivity contribution in [3.8, 4) is 0 Å². The molecule has 1 heterocycles. The molecule has 68 valence electrons. The summed E-state index contributed by atoms with van der Waals surface area (Å²) in [5.41, 5.74) is 8.20. The smallest absolute Gasteiger partial charge is 0.0773 e. The molecule has 0 amide bonds. The molecule has 5 heteroatoms. The summed E-state index contributed by atoms with van der Waals surface area (Å²) in [4.78, 5) is 4.80. The highest BCUT2D eigenvalue weighted by Gasteiger charge is 2.31. The fourth-order valence-electron chi connectivity index (χ4n) is 1.40. The van der Waals surface area contributed by atoms with Crippen molar-refractivity contribution in [2.45, 2.75) is 32.0 Å². The molecule has 1 rings (SSSR count). The Kier molecular flexibility index (Phi) is 2.92. The van der Waals surface area contributed by atoms with E-state index in [4.69, 9.17) is 5.53 Å². The third-order valence-electron chi connectivity index (χ3n) is 2.22. The Morgan fingerprint density at radius 3 is 2.67 bits per heavy atom. The molecule has 1 saturated heterocycles. The second-order valence-electron chi connectivity index (χ2n) is 3.39. The summed E-state index contributed by atoms with van der Waals surface area (Å²) in [7, 11) is 0. The van der Waals surface area contributed by atoms with Gasteiger partial charge in [0.05, 0.1) is 12.1 Å². The number of azide groups is 1. The first kappa shape index (κ1) is 9.32. The van der Waals surface area contributed by atoms with Gasteiger partial charge in [-0.1, -0.05) is 5.11 Å². The highest BCUT2D eigenvalue weighted by molar-refractivity contribution is 4.90. The van der Waals surface area contributed by atoms with Crippen LogP contribution in [0.5, 0.6) is 0 Å². The monoisotopic (exact) mass is 170 g/mol. The van der Waals surface area contributed by atoms with Crippen LogP contribution in [0.1, 0.15) is 13.8 Å². The van der Waals surface area contributed by atoms with Crippen LogP contribution in [0.15, 0.2) is 5.11 Å². The molecule has 0 aromatic carbocycles. The van der Waals surface area contributed by atoms with Crippen molar-refractivity contribution in [3.05, 3.63) is 10.4 Å². The van der Waals surface area contributed by atoms with Gasteiger partial charge in [0.15, 0.2) is 0 Å². The number of β-amino-alcohol motifs (C(OH)–C–C–N with tert-alkyl or cyclic N) is 1. The Morgan fingerprint density at radius 2 is 2.25 bits per heavy atom. The van der Waals surface area contributed by atoms with E-state index in [0.29, 0.717) is 19.1 Å². The van der Waals surface area contributed by atoms with E-state index >= 15 is 0 Å². The van der Waals surface area contributed by atoms with Gasteiger partial charge >= 0.3 is 0 Å². The Hall–Kier alpha value is -0.770. The molecular weight excluding hydrogens is 156 g/mol. The molecule has 0 aliphatic carbocycles. The van der Waals surface area contributed by atoms with Gasteiger partial charge in [0.1, 0.15) is 0 Å². The number of aliphatic hydroxyl groups is 1.